The number of sulfonamides is 1. The van der Waals surface area contributed by atoms with Crippen LogP contribution in [0.15, 0.2) is 0 Å². The van der Waals surface area contributed by atoms with Crippen LogP contribution in [0.25, 0.3) is 0 Å². The van der Waals surface area contributed by atoms with Crippen LogP contribution in [-0.4, -0.2) is 57.8 Å². The Morgan fingerprint density at radius 2 is 1.75 bits per heavy atom. The number of nitrogens with one attached hydrogen (secondary N) is 2. The zero-order chi connectivity index (χ0) is 14.3. The molecular weight excluding hydrogens is 274 g/mol. The summed E-state index contributed by atoms with van der Waals surface area (Å²) in [7, 11) is -3.06. The van der Waals surface area contributed by atoms with Gasteiger partial charge in [0.15, 0.2) is 0 Å². The van der Waals surface area contributed by atoms with E-state index in [9.17, 15) is 8.42 Å². The predicted molar refractivity (Wildman–Crippen MR) is 82.3 cm³/mol. The minimum Gasteiger partial charge on any atom is -0.314 e. The third kappa shape index (κ3) is 7.02. The molecule has 118 valence electrons. The van der Waals surface area contributed by atoms with Crippen molar-refractivity contribution in [3.63, 3.8) is 0 Å². The second-order valence-electron chi connectivity index (χ2n) is 6.05. The van der Waals surface area contributed by atoms with E-state index in [0.29, 0.717) is 6.54 Å². The van der Waals surface area contributed by atoms with E-state index in [-0.39, 0.29) is 5.75 Å². The number of nitrogens with zero attached hydrogens (tertiary/aromatic N) is 1. The minimum atomic E-state index is -3.06. The smallest absolute Gasteiger partial charge is 0.211 e. The van der Waals surface area contributed by atoms with E-state index in [1.54, 1.807) is 0 Å². The van der Waals surface area contributed by atoms with Crippen molar-refractivity contribution < 1.29 is 8.42 Å². The van der Waals surface area contributed by atoms with Crippen LogP contribution >= 0.6 is 0 Å². The minimum absolute atomic E-state index is 0.267. The lowest BCUT2D eigenvalue weighted by Gasteiger charge is -2.14. The fraction of sp³-hybridized carbons (Fsp3) is 1.00. The molecule has 6 heteroatoms. The lowest BCUT2D eigenvalue weighted by Crippen LogP contribution is -2.30. The fourth-order valence-corrected chi connectivity index (χ4v) is 3.80. The van der Waals surface area contributed by atoms with Crippen molar-refractivity contribution in [1.82, 2.24) is 14.9 Å². The molecule has 0 unspecified atom stereocenters. The van der Waals surface area contributed by atoms with Crippen LogP contribution in [0.5, 0.6) is 0 Å². The van der Waals surface area contributed by atoms with Gasteiger partial charge in [-0.3, -0.25) is 0 Å². The first-order valence-electron chi connectivity index (χ1n) is 8.09. The van der Waals surface area contributed by atoms with E-state index in [4.69, 9.17) is 0 Å². The summed E-state index contributed by atoms with van der Waals surface area (Å²) in [4.78, 5) is 2.41. The molecule has 0 spiro atoms. The van der Waals surface area contributed by atoms with Gasteiger partial charge >= 0.3 is 0 Å². The van der Waals surface area contributed by atoms with Crippen LogP contribution in [0.4, 0.5) is 0 Å². The van der Waals surface area contributed by atoms with E-state index in [0.717, 1.165) is 38.4 Å². The monoisotopic (exact) mass is 303 g/mol. The first-order valence-corrected chi connectivity index (χ1v) is 9.74. The molecule has 1 aliphatic heterocycles. The van der Waals surface area contributed by atoms with Gasteiger partial charge in [-0.1, -0.05) is 0 Å². The van der Waals surface area contributed by atoms with Crippen molar-refractivity contribution in [3.8, 4) is 0 Å². The lowest BCUT2D eigenvalue weighted by molar-refractivity contribution is 0.334. The molecule has 0 radical (unpaired) electrons. The van der Waals surface area contributed by atoms with Crippen LogP contribution in [0.3, 0.4) is 0 Å². The maximum absolute atomic E-state index is 11.8. The Balaban J connectivity index is 1.44. The van der Waals surface area contributed by atoms with Crippen molar-refractivity contribution in [2.75, 3.05) is 38.5 Å². The van der Waals surface area contributed by atoms with Gasteiger partial charge in [0.25, 0.3) is 0 Å². The second-order valence-corrected chi connectivity index (χ2v) is 7.98. The molecule has 2 rings (SSSR count). The molecule has 2 aliphatic rings. The average molecular weight is 303 g/mol. The summed E-state index contributed by atoms with van der Waals surface area (Å²) in [5.41, 5.74) is 0. The predicted octanol–water partition coefficient (Wildman–Crippen LogP) is 0.924. The van der Waals surface area contributed by atoms with Crippen LogP contribution in [0.2, 0.25) is 0 Å². The molecule has 1 saturated carbocycles. The van der Waals surface area contributed by atoms with Crippen molar-refractivity contribution >= 4 is 10.0 Å². The molecule has 1 heterocycles. The SMILES string of the molecule is O=S(=O)(CCCCNC1CC1)NCCCN1CCCC1. The Morgan fingerprint density at radius 3 is 2.45 bits per heavy atom. The second kappa shape index (κ2) is 8.32. The number of likely N-dealkylation sites (tertiary alicyclic amines) is 1. The van der Waals surface area contributed by atoms with Gasteiger partial charge in [-0.25, -0.2) is 13.1 Å². The van der Waals surface area contributed by atoms with Gasteiger partial charge < -0.3 is 10.2 Å². The molecule has 1 aliphatic carbocycles. The maximum Gasteiger partial charge on any atom is 0.211 e. The molecule has 0 amide bonds. The zero-order valence-electron chi connectivity index (χ0n) is 12.4. The number of unbranched alkanes of at least 4 members (excludes halogenated alkanes) is 1. The van der Waals surface area contributed by atoms with Crippen LogP contribution < -0.4 is 10.0 Å². The summed E-state index contributed by atoms with van der Waals surface area (Å²) in [5, 5.41) is 3.41. The largest absolute Gasteiger partial charge is 0.314 e. The number of hydrogen-bond donors (Lipinski definition) is 2. The van der Waals surface area contributed by atoms with Gasteiger partial charge in [0.2, 0.25) is 10.0 Å². The van der Waals surface area contributed by atoms with Gasteiger partial charge in [0, 0.05) is 12.6 Å². The molecule has 1 saturated heterocycles. The molecule has 2 fully saturated rings. The van der Waals surface area contributed by atoms with Crippen molar-refractivity contribution in [1.29, 1.82) is 0 Å². The molecule has 2 N–H and O–H groups in total. The standard InChI is InChI=1S/C14H29N3O2S/c18-20(19,13-4-1-8-15-14-6-7-14)16-9-5-12-17-10-2-3-11-17/h14-16H,1-13H2. The molecule has 0 aromatic rings. The molecule has 0 aromatic carbocycles. The number of rotatable bonds is 11. The Kier molecular flexibility index (Phi) is 6.74. The third-order valence-electron chi connectivity index (χ3n) is 4.02. The quantitative estimate of drug-likeness (QED) is 0.557. The van der Waals surface area contributed by atoms with E-state index in [1.165, 1.54) is 38.8 Å². The Labute approximate surface area is 123 Å². The van der Waals surface area contributed by atoms with Gasteiger partial charge in [-0.2, -0.15) is 0 Å². The van der Waals surface area contributed by atoms with E-state index in [2.05, 4.69) is 14.9 Å². The van der Waals surface area contributed by atoms with Crippen LogP contribution in [0.1, 0.15) is 44.9 Å². The van der Waals surface area contributed by atoms with Crippen LogP contribution in [0, 0.1) is 0 Å². The van der Waals surface area contributed by atoms with Crippen LogP contribution in [-0.2, 0) is 10.0 Å². The highest BCUT2D eigenvalue weighted by Gasteiger charge is 2.19. The third-order valence-corrected chi connectivity index (χ3v) is 5.49. The van der Waals surface area contributed by atoms with E-state index >= 15 is 0 Å². The van der Waals surface area contributed by atoms with Crippen molar-refractivity contribution in [2.24, 2.45) is 0 Å². The van der Waals surface area contributed by atoms with Gasteiger partial charge in [0.1, 0.15) is 0 Å². The molecule has 0 bridgehead atoms. The summed E-state index contributed by atoms with van der Waals surface area (Å²) in [6.45, 7) is 4.92. The highest BCUT2D eigenvalue weighted by atomic mass is 32.2. The Hall–Kier alpha value is -0.170. The molecule has 5 nitrogen and oxygen atoms in total. The highest BCUT2D eigenvalue weighted by molar-refractivity contribution is 7.89. The molecular formula is C14H29N3O2S. The molecule has 0 aromatic heterocycles. The zero-order valence-corrected chi connectivity index (χ0v) is 13.3. The highest BCUT2D eigenvalue weighted by Crippen LogP contribution is 2.18. The Bertz CT molecular complexity index is 363. The van der Waals surface area contributed by atoms with E-state index in [1.807, 2.05) is 0 Å². The molecule has 0 atom stereocenters. The van der Waals surface area contributed by atoms with Gasteiger partial charge in [-0.05, 0) is 71.1 Å². The normalized spacial score (nSPS) is 20.6. The van der Waals surface area contributed by atoms with Gasteiger partial charge in [-0.15, -0.1) is 0 Å². The maximum atomic E-state index is 11.8. The van der Waals surface area contributed by atoms with Crippen molar-refractivity contribution in [3.05, 3.63) is 0 Å². The molecule has 20 heavy (non-hydrogen) atoms. The summed E-state index contributed by atoms with van der Waals surface area (Å²) < 4.78 is 26.3. The lowest BCUT2D eigenvalue weighted by atomic mass is 10.3. The fourth-order valence-electron chi connectivity index (χ4n) is 2.62. The van der Waals surface area contributed by atoms with E-state index < -0.39 is 10.0 Å². The Morgan fingerprint density at radius 1 is 1.00 bits per heavy atom. The van der Waals surface area contributed by atoms with Gasteiger partial charge in [0.05, 0.1) is 5.75 Å². The average Bonchev–Trinajstić information content (AvgIpc) is 3.09. The topological polar surface area (TPSA) is 61.4 Å². The summed E-state index contributed by atoms with van der Waals surface area (Å²) >= 11 is 0. The number of hydrogen-bond acceptors (Lipinski definition) is 4. The summed E-state index contributed by atoms with van der Waals surface area (Å²) in [6, 6.07) is 0.718. The first kappa shape index (κ1) is 16.2. The first-order chi connectivity index (χ1) is 9.66. The summed E-state index contributed by atoms with van der Waals surface area (Å²) in [6.07, 6.45) is 7.78. The summed E-state index contributed by atoms with van der Waals surface area (Å²) in [5.74, 6) is 0.267. The van der Waals surface area contributed by atoms with Crippen molar-refractivity contribution in [2.45, 2.75) is 51.0 Å².